The van der Waals surface area contributed by atoms with Crippen molar-refractivity contribution in [1.29, 1.82) is 0 Å². The molecule has 0 heterocycles. The molecule has 0 aliphatic heterocycles. The molecule has 0 aliphatic carbocycles. The maximum atomic E-state index is 3.84. The first kappa shape index (κ1) is 10.8. The van der Waals surface area contributed by atoms with Crippen LogP contribution in [-0.2, 0) is 0 Å². The van der Waals surface area contributed by atoms with Gasteiger partial charge in [-0.25, -0.2) is 0 Å². The topological polar surface area (TPSA) is 0 Å². The second-order valence-electron chi connectivity index (χ2n) is 3.83. The molecule has 0 saturated heterocycles. The molecule has 0 aliphatic rings. The number of benzene rings is 1. The lowest BCUT2D eigenvalue weighted by Gasteiger charge is -2.10. The molecule has 0 nitrogen and oxygen atoms in total. The summed E-state index contributed by atoms with van der Waals surface area (Å²) in [5, 5.41) is 0. The Balaban J connectivity index is 2.67. The van der Waals surface area contributed by atoms with Gasteiger partial charge in [0, 0.05) is 0 Å². The summed E-state index contributed by atoms with van der Waals surface area (Å²) >= 11 is 0. The summed E-state index contributed by atoms with van der Waals surface area (Å²) < 4.78 is 0. The van der Waals surface area contributed by atoms with Crippen molar-refractivity contribution in [2.75, 3.05) is 0 Å². The Hall–Kier alpha value is -1.30. The van der Waals surface area contributed by atoms with Crippen LogP contribution in [0.2, 0.25) is 0 Å². The van der Waals surface area contributed by atoms with Crippen molar-refractivity contribution >= 4 is 6.08 Å². The summed E-state index contributed by atoms with van der Waals surface area (Å²) in [6, 6.07) is 10.4. The molecule has 1 unspecified atom stereocenters. The average Bonchev–Trinajstić information content (AvgIpc) is 2.20. The first-order valence-corrected chi connectivity index (χ1v) is 5.10. The van der Waals surface area contributed by atoms with Crippen LogP contribution in [0.3, 0.4) is 0 Å². The molecule has 1 atom stereocenters. The van der Waals surface area contributed by atoms with Crippen molar-refractivity contribution in [3.8, 4) is 0 Å². The molecule has 0 saturated carbocycles. The first-order chi connectivity index (χ1) is 6.74. The maximum absolute atomic E-state index is 3.84. The highest BCUT2D eigenvalue weighted by Crippen LogP contribution is 2.15. The van der Waals surface area contributed by atoms with E-state index in [1.165, 1.54) is 5.56 Å². The number of hydrogen-bond acceptors (Lipinski definition) is 0. The number of rotatable bonds is 4. The van der Waals surface area contributed by atoms with E-state index in [0.717, 1.165) is 0 Å². The molecule has 0 spiro atoms. The molecule has 0 fully saturated rings. The van der Waals surface area contributed by atoms with Crippen molar-refractivity contribution in [2.45, 2.75) is 13.8 Å². The summed E-state index contributed by atoms with van der Waals surface area (Å²) in [5.74, 6) is 1.09. The van der Waals surface area contributed by atoms with Crippen LogP contribution in [0.15, 0.2) is 49.1 Å². The molecule has 0 radical (unpaired) electrons. The first-order valence-electron chi connectivity index (χ1n) is 5.10. The normalized spacial score (nSPS) is 13.4. The monoisotopic (exact) mass is 186 g/mol. The van der Waals surface area contributed by atoms with Gasteiger partial charge in [-0.3, -0.25) is 0 Å². The zero-order chi connectivity index (χ0) is 10.4. The lowest BCUT2D eigenvalue weighted by atomic mass is 9.95. The second kappa shape index (κ2) is 5.43. The summed E-state index contributed by atoms with van der Waals surface area (Å²) in [5.41, 5.74) is 1.25. The highest BCUT2D eigenvalue weighted by Gasteiger charge is 2.03. The van der Waals surface area contributed by atoms with Crippen molar-refractivity contribution in [3.63, 3.8) is 0 Å². The summed E-state index contributed by atoms with van der Waals surface area (Å²) in [7, 11) is 0. The minimum Gasteiger partial charge on any atom is -0.102 e. The van der Waals surface area contributed by atoms with E-state index in [-0.39, 0.29) is 0 Å². The Morgan fingerprint density at radius 2 is 1.79 bits per heavy atom. The average molecular weight is 186 g/mol. The smallest absolute Gasteiger partial charge is 0.00298 e. The lowest BCUT2D eigenvalue weighted by molar-refractivity contribution is 0.553. The summed E-state index contributed by atoms with van der Waals surface area (Å²) in [4.78, 5) is 0. The van der Waals surface area contributed by atoms with Crippen LogP contribution in [0, 0.1) is 11.8 Å². The van der Waals surface area contributed by atoms with Crippen LogP contribution in [0.5, 0.6) is 0 Å². The van der Waals surface area contributed by atoms with Crippen LogP contribution in [-0.4, -0.2) is 0 Å². The van der Waals surface area contributed by atoms with Gasteiger partial charge in [0.2, 0.25) is 0 Å². The van der Waals surface area contributed by atoms with Crippen LogP contribution in [0.1, 0.15) is 19.4 Å². The third-order valence-electron chi connectivity index (χ3n) is 2.35. The van der Waals surface area contributed by atoms with Gasteiger partial charge in [0.05, 0.1) is 0 Å². The Morgan fingerprint density at radius 3 is 2.29 bits per heavy atom. The fourth-order valence-electron chi connectivity index (χ4n) is 1.36. The van der Waals surface area contributed by atoms with E-state index in [1.807, 2.05) is 12.1 Å². The Morgan fingerprint density at radius 1 is 1.14 bits per heavy atom. The van der Waals surface area contributed by atoms with Gasteiger partial charge in [-0.05, 0) is 17.4 Å². The van der Waals surface area contributed by atoms with Crippen LogP contribution in [0.25, 0.3) is 6.08 Å². The van der Waals surface area contributed by atoms with E-state index in [1.54, 1.807) is 0 Å². The van der Waals surface area contributed by atoms with Gasteiger partial charge >= 0.3 is 0 Å². The SMILES string of the molecule is C=CC(/C=C/c1ccccc1)C(C)C. The van der Waals surface area contributed by atoms with Crippen LogP contribution >= 0.6 is 0 Å². The molecule has 74 valence electrons. The van der Waals surface area contributed by atoms with E-state index >= 15 is 0 Å². The minimum atomic E-state index is 0.468. The fraction of sp³-hybridized carbons (Fsp3) is 0.286. The van der Waals surface area contributed by atoms with Crippen molar-refractivity contribution in [2.24, 2.45) is 11.8 Å². The van der Waals surface area contributed by atoms with Crippen molar-refractivity contribution in [1.82, 2.24) is 0 Å². The van der Waals surface area contributed by atoms with E-state index in [0.29, 0.717) is 11.8 Å². The number of hydrogen-bond donors (Lipinski definition) is 0. The highest BCUT2D eigenvalue weighted by atomic mass is 14.1. The molecule has 0 heteroatoms. The second-order valence-corrected chi connectivity index (χ2v) is 3.83. The molecule has 14 heavy (non-hydrogen) atoms. The lowest BCUT2D eigenvalue weighted by Crippen LogP contribution is -2.00. The van der Waals surface area contributed by atoms with Gasteiger partial charge in [0.25, 0.3) is 0 Å². The number of allylic oxidation sites excluding steroid dienone is 2. The van der Waals surface area contributed by atoms with Gasteiger partial charge in [-0.15, -0.1) is 6.58 Å². The third-order valence-corrected chi connectivity index (χ3v) is 2.35. The predicted molar refractivity (Wildman–Crippen MR) is 64.0 cm³/mol. The predicted octanol–water partition coefficient (Wildman–Crippen LogP) is 4.16. The van der Waals surface area contributed by atoms with Gasteiger partial charge in [0.15, 0.2) is 0 Å². The fourth-order valence-corrected chi connectivity index (χ4v) is 1.36. The minimum absolute atomic E-state index is 0.468. The van der Waals surface area contributed by atoms with Gasteiger partial charge in [-0.2, -0.15) is 0 Å². The molecule has 0 aromatic heterocycles. The molecule has 1 aromatic carbocycles. The highest BCUT2D eigenvalue weighted by molar-refractivity contribution is 5.49. The van der Waals surface area contributed by atoms with E-state index in [4.69, 9.17) is 0 Å². The Bertz CT molecular complexity index is 293. The van der Waals surface area contributed by atoms with Crippen LogP contribution < -0.4 is 0 Å². The molecule has 0 N–H and O–H groups in total. The van der Waals surface area contributed by atoms with E-state index in [2.05, 4.69) is 56.8 Å². The molecule has 1 rings (SSSR count). The maximum Gasteiger partial charge on any atom is -0.00298 e. The molecule has 0 bridgehead atoms. The Kier molecular flexibility index (Phi) is 4.18. The van der Waals surface area contributed by atoms with Gasteiger partial charge in [0.1, 0.15) is 0 Å². The summed E-state index contributed by atoms with van der Waals surface area (Å²) in [6.07, 6.45) is 6.38. The van der Waals surface area contributed by atoms with E-state index in [9.17, 15) is 0 Å². The standard InChI is InChI=1S/C14H18/c1-4-14(12(2)3)11-10-13-8-6-5-7-9-13/h4-12,14H,1H2,2-3H3/b11-10+. The molecule has 1 aromatic rings. The van der Waals surface area contributed by atoms with Gasteiger partial charge in [-0.1, -0.05) is 62.4 Å². The van der Waals surface area contributed by atoms with Crippen molar-refractivity contribution < 1.29 is 0 Å². The molecular weight excluding hydrogens is 168 g/mol. The van der Waals surface area contributed by atoms with Gasteiger partial charge < -0.3 is 0 Å². The molecule has 0 amide bonds. The third kappa shape index (κ3) is 3.21. The summed E-state index contributed by atoms with van der Waals surface area (Å²) in [6.45, 7) is 8.26. The quantitative estimate of drug-likeness (QED) is 0.619. The zero-order valence-corrected chi connectivity index (χ0v) is 8.98. The largest absolute Gasteiger partial charge is 0.102 e. The van der Waals surface area contributed by atoms with Crippen molar-refractivity contribution in [3.05, 3.63) is 54.6 Å². The Labute approximate surface area is 87.0 Å². The zero-order valence-electron chi connectivity index (χ0n) is 8.98. The van der Waals surface area contributed by atoms with Crippen LogP contribution in [0.4, 0.5) is 0 Å². The molecular formula is C14H18. The van der Waals surface area contributed by atoms with E-state index < -0.39 is 0 Å².